The van der Waals surface area contributed by atoms with E-state index in [1.807, 2.05) is 0 Å². The van der Waals surface area contributed by atoms with Crippen molar-refractivity contribution in [1.82, 2.24) is 0 Å². The number of hydrogen-bond donors (Lipinski definition) is 0. The molecule has 0 amide bonds. The molecule has 1 radical (unpaired) electrons. The maximum absolute atomic E-state index is 3.45. The van der Waals surface area contributed by atoms with Gasteiger partial charge in [-0.05, 0) is 0 Å². The number of rotatable bonds is 3. The third-order valence-corrected chi connectivity index (χ3v) is 2.44. The molecule has 0 aliphatic heterocycles. The second-order valence-electron chi connectivity index (χ2n) is 2.97. The monoisotopic (exact) mass is 267 g/mol. The van der Waals surface area contributed by atoms with Crippen LogP contribution in [0, 0.1) is 6.08 Å². The zero-order valence-corrected chi connectivity index (χ0v) is 12.2. The summed E-state index contributed by atoms with van der Waals surface area (Å²) in [4.78, 5) is 0. The van der Waals surface area contributed by atoms with Crippen molar-refractivity contribution in [2.45, 2.75) is 46.5 Å². The molecule has 79 valence electrons. The Bertz CT molecular complexity index is 207. The van der Waals surface area contributed by atoms with E-state index < -0.39 is 0 Å². The van der Waals surface area contributed by atoms with Gasteiger partial charge >= 0.3 is 21.7 Å². The number of hydrogen-bond acceptors (Lipinski definition) is 0. The smallest absolute Gasteiger partial charge is 1.00 e. The van der Waals surface area contributed by atoms with E-state index in [1.165, 1.54) is 18.4 Å². The molecule has 0 bridgehead atoms. The average molecular weight is 268 g/mol. The first-order valence-electron chi connectivity index (χ1n) is 4.64. The predicted molar refractivity (Wildman–Crippen MR) is 49.3 cm³/mol. The summed E-state index contributed by atoms with van der Waals surface area (Å²) >= 11 is 0. The predicted octanol–water partition coefficient (Wildman–Crippen LogP) is -2.35. The molecular formula is C11H17Cl2Ti. The van der Waals surface area contributed by atoms with Gasteiger partial charge in [0.25, 0.3) is 0 Å². The van der Waals surface area contributed by atoms with Crippen LogP contribution in [0.25, 0.3) is 0 Å². The topological polar surface area (TPSA) is 0 Å². The minimum Gasteiger partial charge on any atom is -1.00 e. The van der Waals surface area contributed by atoms with E-state index in [4.69, 9.17) is 0 Å². The summed E-state index contributed by atoms with van der Waals surface area (Å²) in [6.07, 6.45) is 8.11. The van der Waals surface area contributed by atoms with Gasteiger partial charge in [0.1, 0.15) is 0 Å². The van der Waals surface area contributed by atoms with Gasteiger partial charge in [-0.15, -0.1) is 6.42 Å². The summed E-state index contributed by atoms with van der Waals surface area (Å²) in [5, 5.41) is 0. The first-order chi connectivity index (χ1) is 5.33. The second-order valence-corrected chi connectivity index (χ2v) is 2.97. The first kappa shape index (κ1) is 20.2. The van der Waals surface area contributed by atoms with Gasteiger partial charge in [0.15, 0.2) is 0 Å². The molecular weight excluding hydrogens is 251 g/mol. The molecule has 1 aliphatic carbocycles. The Morgan fingerprint density at radius 3 is 1.93 bits per heavy atom. The molecule has 0 fully saturated rings. The summed E-state index contributed by atoms with van der Waals surface area (Å²) in [7, 11) is 0. The van der Waals surface area contributed by atoms with E-state index >= 15 is 0 Å². The Kier molecular flexibility index (Phi) is 14.9. The molecule has 0 saturated carbocycles. The molecule has 0 aromatic heterocycles. The van der Waals surface area contributed by atoms with Crippen molar-refractivity contribution in [2.75, 3.05) is 0 Å². The molecule has 0 aromatic rings. The van der Waals surface area contributed by atoms with E-state index in [9.17, 15) is 0 Å². The summed E-state index contributed by atoms with van der Waals surface area (Å²) in [6.45, 7) is 6.70. The number of halogens is 2. The summed E-state index contributed by atoms with van der Waals surface area (Å²) in [6, 6.07) is 0. The molecule has 0 N–H and O–H groups in total. The maximum Gasteiger partial charge on any atom is 3.00 e. The molecule has 0 spiro atoms. The third kappa shape index (κ3) is 4.53. The van der Waals surface area contributed by atoms with Gasteiger partial charge in [0, 0.05) is 0 Å². The van der Waals surface area contributed by atoms with Crippen LogP contribution in [0.3, 0.4) is 0 Å². The van der Waals surface area contributed by atoms with Crippen LogP contribution >= 0.6 is 0 Å². The van der Waals surface area contributed by atoms with Crippen molar-refractivity contribution in [3.63, 3.8) is 0 Å². The van der Waals surface area contributed by atoms with Crippen molar-refractivity contribution in [3.05, 3.63) is 22.8 Å². The molecule has 14 heavy (non-hydrogen) atoms. The summed E-state index contributed by atoms with van der Waals surface area (Å²) < 4.78 is 0. The molecule has 1 rings (SSSR count). The van der Waals surface area contributed by atoms with Crippen LogP contribution in [0.1, 0.15) is 46.5 Å². The van der Waals surface area contributed by atoms with Crippen LogP contribution in [-0.2, 0) is 21.7 Å². The van der Waals surface area contributed by atoms with Crippen LogP contribution in [0.15, 0.2) is 16.7 Å². The van der Waals surface area contributed by atoms with Crippen molar-refractivity contribution in [1.29, 1.82) is 0 Å². The van der Waals surface area contributed by atoms with Crippen LogP contribution in [0.2, 0.25) is 0 Å². The van der Waals surface area contributed by atoms with Crippen molar-refractivity contribution >= 4 is 0 Å². The summed E-state index contributed by atoms with van der Waals surface area (Å²) in [5.74, 6) is 0. The quantitative estimate of drug-likeness (QED) is 0.397. The normalized spacial score (nSPS) is 13.8. The first-order valence-corrected chi connectivity index (χ1v) is 4.64. The molecule has 0 aromatic carbocycles. The SMILES string of the molecule is CCC1=[C-]CC(CC)=C1CC.[Cl-].[Cl-].[Ti+3]. The fourth-order valence-corrected chi connectivity index (χ4v) is 1.78. The van der Waals surface area contributed by atoms with E-state index in [0.29, 0.717) is 0 Å². The largest absolute Gasteiger partial charge is 3.00 e. The van der Waals surface area contributed by atoms with Crippen LogP contribution < -0.4 is 24.8 Å². The molecule has 3 heteroatoms. The Hall–Kier alpha value is 0.774. The minimum atomic E-state index is 0. The van der Waals surface area contributed by atoms with Crippen LogP contribution in [-0.4, -0.2) is 0 Å². The Morgan fingerprint density at radius 1 is 1.00 bits per heavy atom. The van der Waals surface area contributed by atoms with Gasteiger partial charge in [0.05, 0.1) is 0 Å². The van der Waals surface area contributed by atoms with Gasteiger partial charge in [-0.1, -0.05) is 40.0 Å². The van der Waals surface area contributed by atoms with Crippen LogP contribution in [0.5, 0.6) is 0 Å². The standard InChI is InChI=1S/C11H17.2ClH.Ti/c1-4-9-7-8-10(5-2)11(9)6-3;;;/h4-7H2,1-3H3;2*1H;/q-1;;;+3/p-2. The Labute approximate surface area is 115 Å². The van der Waals surface area contributed by atoms with Crippen molar-refractivity contribution in [3.8, 4) is 0 Å². The maximum atomic E-state index is 3.45. The van der Waals surface area contributed by atoms with E-state index in [0.717, 1.165) is 12.8 Å². The van der Waals surface area contributed by atoms with Crippen molar-refractivity contribution < 1.29 is 46.5 Å². The zero-order chi connectivity index (χ0) is 8.27. The average Bonchev–Trinajstić information content (AvgIpc) is 2.45. The van der Waals surface area contributed by atoms with Gasteiger partial charge in [-0.2, -0.15) is 11.1 Å². The van der Waals surface area contributed by atoms with Crippen LogP contribution in [0.4, 0.5) is 0 Å². The van der Waals surface area contributed by atoms with Gasteiger partial charge in [-0.25, -0.2) is 5.57 Å². The molecule has 0 heterocycles. The van der Waals surface area contributed by atoms with Gasteiger partial charge < -0.3 is 24.8 Å². The Balaban J connectivity index is -0.000000403. The van der Waals surface area contributed by atoms with E-state index in [2.05, 4.69) is 26.8 Å². The van der Waals surface area contributed by atoms with Crippen molar-refractivity contribution in [2.24, 2.45) is 0 Å². The van der Waals surface area contributed by atoms with Gasteiger partial charge in [-0.3, -0.25) is 6.08 Å². The third-order valence-electron chi connectivity index (χ3n) is 2.44. The van der Waals surface area contributed by atoms with E-state index in [1.54, 1.807) is 11.1 Å². The zero-order valence-electron chi connectivity index (χ0n) is 9.08. The molecule has 0 atom stereocenters. The summed E-state index contributed by atoms with van der Waals surface area (Å²) in [5.41, 5.74) is 4.68. The second kappa shape index (κ2) is 10.3. The minimum absolute atomic E-state index is 0. The Morgan fingerprint density at radius 2 is 1.57 bits per heavy atom. The molecule has 1 aliphatic rings. The van der Waals surface area contributed by atoms with Gasteiger partial charge in [0.2, 0.25) is 0 Å². The molecule has 0 unspecified atom stereocenters. The molecule has 0 saturated heterocycles. The number of allylic oxidation sites excluding steroid dienone is 4. The molecule has 0 nitrogen and oxygen atoms in total. The van der Waals surface area contributed by atoms with E-state index in [-0.39, 0.29) is 46.5 Å². The fourth-order valence-electron chi connectivity index (χ4n) is 1.78. The fraction of sp³-hybridized carbons (Fsp3) is 0.636.